The minimum absolute atomic E-state index is 0.300. The van der Waals surface area contributed by atoms with Gasteiger partial charge in [-0.3, -0.25) is 0 Å². The molecule has 0 spiro atoms. The summed E-state index contributed by atoms with van der Waals surface area (Å²) in [6.07, 6.45) is 0. The Hall–Kier alpha value is 0.160. The largest absolute Gasteiger partial charge is 0.216 e. The van der Waals surface area contributed by atoms with Gasteiger partial charge >= 0.3 is 0 Å². The lowest BCUT2D eigenvalue weighted by atomic mass is 10.0. The van der Waals surface area contributed by atoms with Gasteiger partial charge in [0.25, 0.3) is 0 Å². The summed E-state index contributed by atoms with van der Waals surface area (Å²) in [6.45, 7) is 0. The molecule has 0 heterocycles. The van der Waals surface area contributed by atoms with Crippen molar-refractivity contribution in [1.29, 1.82) is 5.26 Å². The van der Waals surface area contributed by atoms with Gasteiger partial charge < -0.3 is 0 Å². The molecule has 0 amide bonds. The first-order valence-corrected chi connectivity index (χ1v) is 5.77. The van der Waals surface area contributed by atoms with E-state index in [2.05, 4.69) is 0 Å². The van der Waals surface area contributed by atoms with E-state index >= 15 is 0 Å². The Labute approximate surface area is 112 Å². The lowest BCUT2D eigenvalue weighted by Crippen LogP contribution is -2.07. The molecule has 0 N–H and O–H groups in total. The smallest absolute Gasteiger partial charge is 0.192 e. The van der Waals surface area contributed by atoms with Gasteiger partial charge in [0.15, 0.2) is 0 Å². The van der Waals surface area contributed by atoms with Crippen LogP contribution in [0.5, 0.6) is 0 Å². The van der Waals surface area contributed by atoms with E-state index in [-0.39, 0.29) is 0 Å². The summed E-state index contributed by atoms with van der Waals surface area (Å²) in [4.78, 5) is -0.911. The maximum absolute atomic E-state index is 8.86. The van der Waals surface area contributed by atoms with Gasteiger partial charge in [0.05, 0.1) is 11.6 Å². The molecule has 0 aromatic heterocycles. The maximum Gasteiger partial charge on any atom is 0.216 e. The van der Waals surface area contributed by atoms with Crippen molar-refractivity contribution in [2.75, 3.05) is 0 Å². The van der Waals surface area contributed by atoms with Crippen molar-refractivity contribution in [3.05, 3.63) is 34.9 Å². The van der Waals surface area contributed by atoms with E-state index in [1.54, 1.807) is 18.2 Å². The number of rotatable bonds is 1. The van der Waals surface area contributed by atoms with Crippen LogP contribution < -0.4 is 0 Å². The molecule has 0 aliphatic rings. The van der Waals surface area contributed by atoms with Crippen LogP contribution in [0.4, 0.5) is 0 Å². The number of nitriles is 1. The van der Waals surface area contributed by atoms with Crippen LogP contribution in [-0.4, -0.2) is 0 Å². The highest BCUT2D eigenvalue weighted by molar-refractivity contribution is 6.67. The summed E-state index contributed by atoms with van der Waals surface area (Å²) in [6, 6.07) is 6.68. The highest BCUT2D eigenvalue weighted by Crippen LogP contribution is 2.44. The average molecular weight is 303 g/mol. The second kappa shape index (κ2) is 4.99. The molecule has 0 unspecified atom stereocenters. The molecule has 80 valence electrons. The molecule has 0 aliphatic carbocycles. The predicted molar refractivity (Wildman–Crippen MR) is 64.8 cm³/mol. The Morgan fingerprint density at radius 1 is 1.20 bits per heavy atom. The molecule has 0 radical (unpaired) electrons. The molecule has 0 atom stereocenters. The van der Waals surface area contributed by atoms with Crippen LogP contribution in [0.1, 0.15) is 21.5 Å². The molecule has 15 heavy (non-hydrogen) atoms. The van der Waals surface area contributed by atoms with Crippen LogP contribution in [-0.2, 0) is 3.79 Å². The van der Waals surface area contributed by atoms with Gasteiger partial charge in [-0.05, 0) is 6.07 Å². The molecule has 1 aromatic rings. The predicted octanol–water partition coefficient (Wildman–Crippen LogP) is 4.86. The van der Waals surface area contributed by atoms with Crippen molar-refractivity contribution in [2.45, 2.75) is 8.63 Å². The van der Waals surface area contributed by atoms with Gasteiger partial charge in [0.1, 0.15) is 4.84 Å². The lowest BCUT2D eigenvalue weighted by molar-refractivity contribution is 1.14. The lowest BCUT2D eigenvalue weighted by Gasteiger charge is -2.17. The van der Waals surface area contributed by atoms with Gasteiger partial charge in [0.2, 0.25) is 3.79 Å². The van der Waals surface area contributed by atoms with Gasteiger partial charge in [-0.1, -0.05) is 70.1 Å². The van der Waals surface area contributed by atoms with Crippen molar-refractivity contribution in [2.24, 2.45) is 0 Å². The first-order chi connectivity index (χ1) is 6.88. The van der Waals surface area contributed by atoms with Gasteiger partial charge in [-0.2, -0.15) is 5.26 Å². The second-order valence-corrected chi connectivity index (χ2v) is 6.05. The fourth-order valence-corrected chi connectivity index (χ4v) is 2.11. The molecule has 1 rings (SSSR count). The highest BCUT2D eigenvalue weighted by Gasteiger charge is 2.29. The van der Waals surface area contributed by atoms with Gasteiger partial charge in [-0.15, -0.1) is 0 Å². The fraction of sp³-hybridized carbons (Fsp3) is 0.222. The van der Waals surface area contributed by atoms with Crippen LogP contribution in [0.3, 0.4) is 0 Å². The zero-order valence-electron chi connectivity index (χ0n) is 7.15. The third kappa shape index (κ3) is 3.06. The molecule has 1 nitrogen and oxygen atoms in total. The number of hydrogen-bond acceptors (Lipinski definition) is 1. The molecule has 6 heteroatoms. The van der Waals surface area contributed by atoms with E-state index in [0.29, 0.717) is 16.7 Å². The van der Waals surface area contributed by atoms with Crippen molar-refractivity contribution < 1.29 is 0 Å². The van der Waals surface area contributed by atoms with Crippen molar-refractivity contribution >= 4 is 58.0 Å². The Morgan fingerprint density at radius 2 is 1.80 bits per heavy atom. The zero-order chi connectivity index (χ0) is 11.6. The number of benzene rings is 1. The van der Waals surface area contributed by atoms with Crippen LogP contribution >= 0.6 is 58.0 Å². The standard InChI is InChI=1S/C9H4Cl5N/c10-8(11)7-5(4-15)2-1-3-6(7)9(12,13)14/h1-3,8H. The Bertz CT molecular complexity index is 402. The van der Waals surface area contributed by atoms with Crippen LogP contribution in [0.2, 0.25) is 0 Å². The molecule has 1 aromatic carbocycles. The van der Waals surface area contributed by atoms with E-state index in [1.165, 1.54) is 0 Å². The van der Waals surface area contributed by atoms with Crippen LogP contribution in [0.25, 0.3) is 0 Å². The number of alkyl halides is 5. The number of hydrogen-bond donors (Lipinski definition) is 0. The Balaban J connectivity index is 3.48. The molecule has 0 aliphatic heterocycles. The van der Waals surface area contributed by atoms with E-state index < -0.39 is 8.63 Å². The summed E-state index contributed by atoms with van der Waals surface area (Å²) in [5, 5.41) is 8.86. The topological polar surface area (TPSA) is 23.8 Å². The van der Waals surface area contributed by atoms with E-state index in [0.717, 1.165) is 0 Å². The maximum atomic E-state index is 8.86. The second-order valence-electron chi connectivity index (χ2n) is 2.68. The molecule has 0 bridgehead atoms. The third-order valence-electron chi connectivity index (χ3n) is 1.75. The first kappa shape index (κ1) is 13.2. The van der Waals surface area contributed by atoms with Gasteiger partial charge in [0, 0.05) is 11.1 Å². The molecule has 0 fully saturated rings. The van der Waals surface area contributed by atoms with Crippen LogP contribution in [0, 0.1) is 11.3 Å². The quantitative estimate of drug-likeness (QED) is 0.680. The van der Waals surface area contributed by atoms with Crippen molar-refractivity contribution in [3.8, 4) is 6.07 Å². The zero-order valence-corrected chi connectivity index (χ0v) is 10.9. The fourth-order valence-electron chi connectivity index (χ4n) is 1.14. The van der Waals surface area contributed by atoms with E-state index in [9.17, 15) is 0 Å². The number of nitrogens with zero attached hydrogens (tertiary/aromatic N) is 1. The first-order valence-electron chi connectivity index (χ1n) is 3.76. The van der Waals surface area contributed by atoms with Crippen LogP contribution in [0.15, 0.2) is 18.2 Å². The van der Waals surface area contributed by atoms with Crippen molar-refractivity contribution in [3.63, 3.8) is 0 Å². The Kier molecular flexibility index (Phi) is 4.40. The molecule has 0 saturated carbocycles. The Morgan fingerprint density at radius 3 is 2.20 bits per heavy atom. The third-order valence-corrected chi connectivity index (χ3v) is 2.80. The summed E-state index contributed by atoms with van der Waals surface area (Å²) < 4.78 is -1.65. The summed E-state index contributed by atoms with van der Waals surface area (Å²) in [5.41, 5.74) is 0.957. The number of halogens is 5. The highest BCUT2D eigenvalue weighted by atomic mass is 35.6. The van der Waals surface area contributed by atoms with E-state index in [1.807, 2.05) is 6.07 Å². The summed E-state index contributed by atoms with van der Waals surface area (Å²) in [5.74, 6) is 0. The van der Waals surface area contributed by atoms with Gasteiger partial charge in [-0.25, -0.2) is 0 Å². The molecular weight excluding hydrogens is 299 g/mol. The SMILES string of the molecule is N#Cc1cccc(C(Cl)(Cl)Cl)c1C(Cl)Cl. The average Bonchev–Trinajstić information content (AvgIpc) is 2.15. The summed E-state index contributed by atoms with van der Waals surface area (Å²) in [7, 11) is 0. The normalized spacial score (nSPS) is 11.5. The van der Waals surface area contributed by atoms with E-state index in [4.69, 9.17) is 63.3 Å². The van der Waals surface area contributed by atoms with Crippen molar-refractivity contribution in [1.82, 2.24) is 0 Å². The molecule has 0 saturated heterocycles. The molecular formula is C9H4Cl5N. The summed E-state index contributed by atoms with van der Waals surface area (Å²) >= 11 is 28.7. The monoisotopic (exact) mass is 301 g/mol. The minimum Gasteiger partial charge on any atom is -0.192 e. The minimum atomic E-state index is -1.65.